The van der Waals surface area contributed by atoms with Crippen molar-refractivity contribution in [2.24, 2.45) is 0 Å². The summed E-state index contributed by atoms with van der Waals surface area (Å²) < 4.78 is 17.8. The van der Waals surface area contributed by atoms with Gasteiger partial charge in [-0.2, -0.15) is 22.7 Å². The maximum absolute atomic E-state index is 5.84. The number of hydrogen-bond acceptors (Lipinski definition) is 4. The molecule has 0 atom stereocenters. The maximum Gasteiger partial charge on any atom is 0.268 e. The molecule has 4 aromatic rings. The van der Waals surface area contributed by atoms with Crippen molar-refractivity contribution < 1.29 is 9.47 Å². The standard InChI is InChI=1S/C31H39BO2S2Si2/c1-18-12-19(2)29(20(3)13-18)32-30-23(16-27(35-30)37(6,7)8)21-14-25(33-4)26(34-5)15-22(21)24-17-28(36-31(24)32)38(9,10)11/h12-17H,1-11H3. The Morgan fingerprint density at radius 1 is 0.579 bits per heavy atom. The van der Waals surface area contributed by atoms with E-state index in [2.05, 4.69) is 119 Å². The van der Waals surface area contributed by atoms with Gasteiger partial charge in [0.1, 0.15) is 0 Å². The predicted octanol–water partition coefficient (Wildman–Crippen LogP) is 6.01. The lowest BCUT2D eigenvalue weighted by Crippen LogP contribution is -2.53. The van der Waals surface area contributed by atoms with Crippen LogP contribution in [0.3, 0.4) is 0 Å². The van der Waals surface area contributed by atoms with E-state index < -0.39 is 16.1 Å². The van der Waals surface area contributed by atoms with Crippen molar-refractivity contribution in [1.29, 1.82) is 0 Å². The summed E-state index contributed by atoms with van der Waals surface area (Å²) in [6, 6.07) is 14.2. The van der Waals surface area contributed by atoms with E-state index in [1.165, 1.54) is 54.0 Å². The fourth-order valence-corrected chi connectivity index (χ4v) is 12.2. The summed E-state index contributed by atoms with van der Waals surface area (Å²) in [4.78, 5) is 0. The number of fused-ring (bicyclic) bond motifs is 5. The number of ether oxygens (including phenoxy) is 2. The average molecular weight is 575 g/mol. The van der Waals surface area contributed by atoms with Crippen LogP contribution in [0, 0.1) is 20.8 Å². The molecule has 0 bridgehead atoms. The first-order valence-electron chi connectivity index (χ1n) is 13.4. The first kappa shape index (κ1) is 27.5. The van der Waals surface area contributed by atoms with Crippen LogP contribution in [0.4, 0.5) is 0 Å². The first-order chi connectivity index (χ1) is 17.7. The molecule has 0 spiro atoms. The topological polar surface area (TPSA) is 18.5 Å². The molecule has 2 aromatic heterocycles. The van der Waals surface area contributed by atoms with Crippen LogP contribution in [0.25, 0.3) is 22.3 Å². The SMILES string of the molecule is COc1cc2c(cc1OC)-c1cc([Si](C)(C)C)sc1B(c1c(C)cc(C)cc1C)c1sc([Si](C)(C)C)cc1-2. The normalized spacial score (nSPS) is 13.1. The van der Waals surface area contributed by atoms with Crippen molar-refractivity contribution in [3.8, 4) is 33.8 Å². The van der Waals surface area contributed by atoms with Crippen molar-refractivity contribution in [1.82, 2.24) is 0 Å². The van der Waals surface area contributed by atoms with Gasteiger partial charge < -0.3 is 9.47 Å². The zero-order valence-corrected chi connectivity index (χ0v) is 28.3. The Labute approximate surface area is 239 Å². The lowest BCUT2D eigenvalue weighted by molar-refractivity contribution is 0.355. The number of aryl methyl sites for hydroxylation is 3. The second kappa shape index (κ2) is 9.54. The minimum absolute atomic E-state index is 0.218. The van der Waals surface area contributed by atoms with Crippen LogP contribution in [0.5, 0.6) is 11.5 Å². The van der Waals surface area contributed by atoms with Crippen LogP contribution in [-0.2, 0) is 0 Å². The van der Waals surface area contributed by atoms with Crippen LogP contribution < -0.4 is 33.5 Å². The van der Waals surface area contributed by atoms with Gasteiger partial charge in [-0.15, -0.1) is 0 Å². The molecule has 1 aliphatic rings. The molecule has 0 N–H and O–H groups in total. The monoisotopic (exact) mass is 574 g/mol. The van der Waals surface area contributed by atoms with Crippen LogP contribution in [0.1, 0.15) is 16.7 Å². The molecule has 0 unspecified atom stereocenters. The fraction of sp³-hybridized carbons (Fsp3) is 0.355. The molecule has 198 valence electrons. The lowest BCUT2D eigenvalue weighted by Gasteiger charge is -2.20. The highest BCUT2D eigenvalue weighted by Gasteiger charge is 2.39. The highest BCUT2D eigenvalue weighted by Crippen LogP contribution is 2.43. The van der Waals surface area contributed by atoms with Gasteiger partial charge in [-0.1, -0.05) is 73.6 Å². The third kappa shape index (κ3) is 4.55. The van der Waals surface area contributed by atoms with E-state index in [9.17, 15) is 0 Å². The first-order valence-corrected chi connectivity index (χ1v) is 22.0. The molecule has 5 rings (SSSR count). The second-order valence-electron chi connectivity index (χ2n) is 12.8. The third-order valence-electron chi connectivity index (χ3n) is 7.66. The number of methoxy groups -OCH3 is 2. The van der Waals surface area contributed by atoms with Gasteiger partial charge in [0, 0.05) is 0 Å². The van der Waals surface area contributed by atoms with E-state index in [-0.39, 0.29) is 6.71 Å². The van der Waals surface area contributed by atoms with Crippen LogP contribution in [0.15, 0.2) is 36.4 Å². The van der Waals surface area contributed by atoms with Crippen molar-refractivity contribution in [2.45, 2.75) is 60.1 Å². The summed E-state index contributed by atoms with van der Waals surface area (Å²) in [5, 5.41) is 0. The van der Waals surface area contributed by atoms with Gasteiger partial charge in [0.25, 0.3) is 6.71 Å². The second-order valence-corrected chi connectivity index (χ2v) is 25.7. The Morgan fingerprint density at radius 3 is 1.32 bits per heavy atom. The number of rotatable bonds is 5. The van der Waals surface area contributed by atoms with E-state index in [1.807, 2.05) is 0 Å². The van der Waals surface area contributed by atoms with E-state index in [0.29, 0.717) is 0 Å². The van der Waals surface area contributed by atoms with Gasteiger partial charge in [-0.3, -0.25) is 0 Å². The molecule has 2 aromatic carbocycles. The molecular weight excluding hydrogens is 535 g/mol. The Bertz CT molecular complexity index is 1440. The number of benzene rings is 2. The van der Waals surface area contributed by atoms with Crippen LogP contribution >= 0.6 is 22.7 Å². The van der Waals surface area contributed by atoms with Crippen LogP contribution in [-0.4, -0.2) is 37.1 Å². The molecule has 3 heterocycles. The molecular formula is C31H39BO2S2Si2. The maximum atomic E-state index is 5.84. The Kier molecular flexibility index (Phi) is 6.91. The minimum Gasteiger partial charge on any atom is -0.493 e. The zero-order chi connectivity index (χ0) is 27.7. The summed E-state index contributed by atoms with van der Waals surface area (Å²) in [5.74, 6) is 1.59. The smallest absolute Gasteiger partial charge is 0.268 e. The lowest BCUT2D eigenvalue weighted by atomic mass is 9.40. The van der Waals surface area contributed by atoms with Gasteiger partial charge in [0.15, 0.2) is 11.5 Å². The molecule has 38 heavy (non-hydrogen) atoms. The van der Waals surface area contributed by atoms with Crippen LogP contribution in [0.2, 0.25) is 39.3 Å². The van der Waals surface area contributed by atoms with E-state index >= 15 is 0 Å². The predicted molar refractivity (Wildman–Crippen MR) is 177 cm³/mol. The van der Waals surface area contributed by atoms with Gasteiger partial charge in [0.05, 0.1) is 30.4 Å². The third-order valence-corrected chi connectivity index (χ3v) is 17.2. The summed E-state index contributed by atoms with van der Waals surface area (Å²) >= 11 is 4.11. The molecule has 1 aliphatic heterocycles. The minimum atomic E-state index is -1.54. The molecule has 0 saturated heterocycles. The Balaban J connectivity index is 1.97. The summed E-state index contributed by atoms with van der Waals surface area (Å²) in [7, 11) is 0.408. The molecule has 0 saturated carbocycles. The summed E-state index contributed by atoms with van der Waals surface area (Å²) in [6.45, 7) is 21.8. The molecule has 7 heteroatoms. The van der Waals surface area contributed by atoms with Crippen molar-refractivity contribution >= 4 is 69.6 Å². The van der Waals surface area contributed by atoms with E-state index in [0.717, 1.165) is 11.5 Å². The van der Waals surface area contributed by atoms with Gasteiger partial charge in [-0.05, 0) is 85.8 Å². The van der Waals surface area contributed by atoms with E-state index in [4.69, 9.17) is 9.47 Å². The molecule has 0 fully saturated rings. The van der Waals surface area contributed by atoms with E-state index in [1.54, 1.807) is 23.2 Å². The molecule has 0 amide bonds. The molecule has 0 radical (unpaired) electrons. The summed E-state index contributed by atoms with van der Waals surface area (Å²) in [6.07, 6.45) is 0. The largest absolute Gasteiger partial charge is 0.493 e. The van der Waals surface area contributed by atoms with Gasteiger partial charge in [0.2, 0.25) is 0 Å². The Hall–Kier alpha value is -2.06. The number of thiophene rings is 2. The van der Waals surface area contributed by atoms with Crippen molar-refractivity contribution in [3.63, 3.8) is 0 Å². The van der Waals surface area contributed by atoms with Crippen molar-refractivity contribution in [2.75, 3.05) is 14.2 Å². The van der Waals surface area contributed by atoms with Gasteiger partial charge in [-0.25, -0.2) is 0 Å². The quantitative estimate of drug-likeness (QED) is 0.240. The molecule has 0 aliphatic carbocycles. The Morgan fingerprint density at radius 2 is 0.974 bits per heavy atom. The average Bonchev–Trinajstić information content (AvgIpc) is 3.44. The highest BCUT2D eigenvalue weighted by atomic mass is 32.1. The zero-order valence-electron chi connectivity index (χ0n) is 24.7. The van der Waals surface area contributed by atoms with Crippen molar-refractivity contribution in [3.05, 3.63) is 53.1 Å². The van der Waals surface area contributed by atoms with Gasteiger partial charge >= 0.3 is 0 Å². The number of hydrogen-bond donors (Lipinski definition) is 0. The highest BCUT2D eigenvalue weighted by molar-refractivity contribution is 7.42. The fourth-order valence-electron chi connectivity index (χ4n) is 5.75. The molecule has 2 nitrogen and oxygen atoms in total. The summed E-state index contributed by atoms with van der Waals surface area (Å²) in [5.41, 5.74) is 10.8.